The smallest absolute Gasteiger partial charge is 0.424 e. The molecule has 0 aliphatic carbocycles. The van der Waals surface area contributed by atoms with Gasteiger partial charge in [0.1, 0.15) is 0 Å². The van der Waals surface area contributed by atoms with E-state index in [1.165, 1.54) is 0 Å². The van der Waals surface area contributed by atoms with Crippen molar-refractivity contribution < 1.29 is 23.7 Å². The summed E-state index contributed by atoms with van der Waals surface area (Å²) in [6.45, 7) is 0.499. The van der Waals surface area contributed by atoms with Crippen LogP contribution in [0.2, 0.25) is 0 Å². The molecule has 5 nitrogen and oxygen atoms in total. The van der Waals surface area contributed by atoms with Crippen molar-refractivity contribution in [2.45, 2.75) is 12.2 Å². The number of carbonyl (C=O) groups excluding carboxylic acids is 1. The second-order valence-electron chi connectivity index (χ2n) is 5.20. The zero-order valence-corrected chi connectivity index (χ0v) is 13.9. The molecule has 128 valence electrons. The van der Waals surface area contributed by atoms with Gasteiger partial charge >= 0.3 is 6.16 Å². The molecule has 0 saturated carbocycles. The predicted octanol–water partition coefficient (Wildman–Crippen LogP) is 3.92. The third kappa shape index (κ3) is 5.37. The highest BCUT2D eigenvalue weighted by atomic mass is 16.7. The third-order valence-corrected chi connectivity index (χ3v) is 3.46. The van der Waals surface area contributed by atoms with Gasteiger partial charge in [0, 0.05) is 14.2 Å². The summed E-state index contributed by atoms with van der Waals surface area (Å²) in [6, 6.07) is 18.8. The monoisotopic (exact) mass is 330 g/mol. The molecule has 0 amide bonds. The Balaban J connectivity index is 2.03. The Kier molecular flexibility index (Phi) is 7.26. The lowest BCUT2D eigenvalue weighted by Gasteiger charge is -2.21. The standard InChI is InChI=1S/C19H22O5/c1-21-13-17(15-9-5-3-6-10-15)23-19(20)24-18(14-22-2)16-11-7-4-8-12-16/h3-12,17-18H,13-14H2,1-2H3/t17-,18+. The van der Waals surface area contributed by atoms with Crippen molar-refractivity contribution in [1.82, 2.24) is 0 Å². The first-order valence-electron chi connectivity index (χ1n) is 7.69. The molecule has 0 radical (unpaired) electrons. The lowest BCUT2D eigenvalue weighted by atomic mass is 10.1. The van der Waals surface area contributed by atoms with Crippen LogP contribution in [0, 0.1) is 0 Å². The van der Waals surface area contributed by atoms with Crippen LogP contribution in [0.15, 0.2) is 60.7 Å². The Bertz CT molecular complexity index is 546. The minimum Gasteiger partial charge on any atom is -0.424 e. The molecule has 2 aromatic carbocycles. The Morgan fingerprint density at radius 2 is 1.12 bits per heavy atom. The molecule has 0 heterocycles. The zero-order chi connectivity index (χ0) is 17.2. The predicted molar refractivity (Wildman–Crippen MR) is 89.7 cm³/mol. The van der Waals surface area contributed by atoms with E-state index in [9.17, 15) is 4.79 Å². The van der Waals surface area contributed by atoms with Gasteiger partial charge in [-0.2, -0.15) is 0 Å². The van der Waals surface area contributed by atoms with Crippen LogP contribution in [-0.4, -0.2) is 33.6 Å². The van der Waals surface area contributed by atoms with Gasteiger partial charge in [0.15, 0.2) is 12.2 Å². The molecule has 0 aromatic heterocycles. The molecule has 0 aliphatic rings. The van der Waals surface area contributed by atoms with Crippen LogP contribution < -0.4 is 0 Å². The first kappa shape index (κ1) is 18.0. The van der Waals surface area contributed by atoms with Gasteiger partial charge in [0.05, 0.1) is 13.2 Å². The van der Waals surface area contributed by atoms with E-state index in [0.717, 1.165) is 11.1 Å². The summed E-state index contributed by atoms with van der Waals surface area (Å²) in [7, 11) is 3.12. The fourth-order valence-electron chi connectivity index (χ4n) is 2.29. The van der Waals surface area contributed by atoms with E-state index in [1.54, 1.807) is 14.2 Å². The van der Waals surface area contributed by atoms with E-state index in [0.29, 0.717) is 0 Å². The van der Waals surface area contributed by atoms with E-state index in [1.807, 2.05) is 60.7 Å². The zero-order valence-electron chi connectivity index (χ0n) is 13.9. The van der Waals surface area contributed by atoms with Crippen molar-refractivity contribution in [2.75, 3.05) is 27.4 Å². The second-order valence-corrected chi connectivity index (χ2v) is 5.20. The Morgan fingerprint density at radius 3 is 1.46 bits per heavy atom. The number of ether oxygens (including phenoxy) is 4. The summed E-state index contributed by atoms with van der Waals surface area (Å²) in [6.07, 6.45) is -1.81. The molecule has 0 fully saturated rings. The SMILES string of the molecule is COC[C@H](OC(=O)O[C@H](COC)c1ccccc1)c1ccccc1. The molecule has 2 rings (SSSR count). The molecule has 2 atom stereocenters. The maximum atomic E-state index is 12.2. The Hall–Kier alpha value is -2.37. The lowest BCUT2D eigenvalue weighted by molar-refractivity contribution is -0.0403. The Morgan fingerprint density at radius 1 is 0.750 bits per heavy atom. The van der Waals surface area contributed by atoms with Crippen molar-refractivity contribution in [3.8, 4) is 0 Å². The number of rotatable bonds is 8. The van der Waals surface area contributed by atoms with E-state index >= 15 is 0 Å². The number of benzene rings is 2. The van der Waals surface area contributed by atoms with E-state index in [4.69, 9.17) is 18.9 Å². The summed E-state index contributed by atoms with van der Waals surface area (Å²) in [5.41, 5.74) is 1.69. The largest absolute Gasteiger partial charge is 0.509 e. The summed E-state index contributed by atoms with van der Waals surface area (Å²) in [5.74, 6) is 0. The van der Waals surface area contributed by atoms with Gasteiger partial charge < -0.3 is 18.9 Å². The normalized spacial score (nSPS) is 13.1. The topological polar surface area (TPSA) is 54.0 Å². The first-order valence-corrected chi connectivity index (χ1v) is 7.69. The highest BCUT2D eigenvalue weighted by molar-refractivity contribution is 5.61. The number of methoxy groups -OCH3 is 2. The van der Waals surface area contributed by atoms with Crippen molar-refractivity contribution in [1.29, 1.82) is 0 Å². The van der Waals surface area contributed by atoms with Crippen LogP contribution in [-0.2, 0) is 18.9 Å². The molecular formula is C19H22O5. The van der Waals surface area contributed by atoms with Crippen LogP contribution >= 0.6 is 0 Å². The highest BCUT2D eigenvalue weighted by Gasteiger charge is 2.22. The van der Waals surface area contributed by atoms with Crippen LogP contribution in [0.25, 0.3) is 0 Å². The van der Waals surface area contributed by atoms with Gasteiger partial charge in [0.2, 0.25) is 0 Å². The van der Waals surface area contributed by atoms with Gasteiger partial charge in [-0.15, -0.1) is 0 Å². The van der Waals surface area contributed by atoms with Crippen molar-refractivity contribution in [3.05, 3.63) is 71.8 Å². The molecule has 0 N–H and O–H groups in total. The van der Waals surface area contributed by atoms with Crippen molar-refractivity contribution >= 4 is 6.16 Å². The first-order chi connectivity index (χ1) is 11.7. The molecule has 0 saturated heterocycles. The highest BCUT2D eigenvalue weighted by Crippen LogP contribution is 2.22. The molecule has 2 aromatic rings. The number of carbonyl (C=O) groups is 1. The van der Waals surface area contributed by atoms with E-state index in [2.05, 4.69) is 0 Å². The summed E-state index contributed by atoms with van der Waals surface area (Å²) in [5, 5.41) is 0. The number of hydrogen-bond acceptors (Lipinski definition) is 5. The van der Waals surface area contributed by atoms with Crippen LogP contribution in [0.3, 0.4) is 0 Å². The van der Waals surface area contributed by atoms with Gasteiger partial charge in [0.25, 0.3) is 0 Å². The second kappa shape index (κ2) is 9.70. The fraction of sp³-hybridized carbons (Fsp3) is 0.316. The van der Waals surface area contributed by atoms with Gasteiger partial charge in [-0.25, -0.2) is 4.79 Å². The quantitative estimate of drug-likeness (QED) is 0.687. The molecule has 0 aliphatic heterocycles. The van der Waals surface area contributed by atoms with Crippen LogP contribution in [0.1, 0.15) is 23.3 Å². The summed E-state index contributed by atoms with van der Waals surface area (Å²) in [4.78, 5) is 12.2. The minimum atomic E-state index is -0.758. The molecule has 5 heteroatoms. The average Bonchev–Trinajstić information content (AvgIpc) is 2.62. The number of hydrogen-bond donors (Lipinski definition) is 0. The molecule has 0 bridgehead atoms. The maximum Gasteiger partial charge on any atom is 0.509 e. The van der Waals surface area contributed by atoms with Gasteiger partial charge in [-0.05, 0) is 11.1 Å². The fourth-order valence-corrected chi connectivity index (χ4v) is 2.29. The maximum absolute atomic E-state index is 12.2. The molecule has 0 spiro atoms. The summed E-state index contributed by atoms with van der Waals surface area (Å²) < 4.78 is 21.1. The van der Waals surface area contributed by atoms with Gasteiger partial charge in [-0.3, -0.25) is 0 Å². The lowest BCUT2D eigenvalue weighted by Crippen LogP contribution is -2.21. The van der Waals surface area contributed by atoms with Crippen LogP contribution in [0.5, 0.6) is 0 Å². The van der Waals surface area contributed by atoms with Crippen molar-refractivity contribution in [2.24, 2.45) is 0 Å². The molecular weight excluding hydrogens is 308 g/mol. The molecule has 0 unspecified atom stereocenters. The van der Waals surface area contributed by atoms with Crippen LogP contribution in [0.4, 0.5) is 4.79 Å². The third-order valence-electron chi connectivity index (χ3n) is 3.46. The van der Waals surface area contributed by atoms with Crippen molar-refractivity contribution in [3.63, 3.8) is 0 Å². The van der Waals surface area contributed by atoms with Gasteiger partial charge in [-0.1, -0.05) is 60.7 Å². The molecule has 24 heavy (non-hydrogen) atoms. The Labute approximate surface area is 142 Å². The summed E-state index contributed by atoms with van der Waals surface area (Å²) >= 11 is 0. The van der Waals surface area contributed by atoms with E-state index < -0.39 is 18.4 Å². The van der Waals surface area contributed by atoms with E-state index in [-0.39, 0.29) is 13.2 Å². The average molecular weight is 330 g/mol. The minimum absolute atomic E-state index is 0.249.